The van der Waals surface area contributed by atoms with Crippen molar-refractivity contribution in [3.63, 3.8) is 0 Å². The lowest BCUT2D eigenvalue weighted by atomic mass is 9.45. The second kappa shape index (κ2) is 17.7. The predicted octanol–water partition coefficient (Wildman–Crippen LogP) is 8.03. The summed E-state index contributed by atoms with van der Waals surface area (Å²) in [6.45, 7) is 11.4. The zero-order valence-corrected chi connectivity index (χ0v) is 38.9. The monoisotopic (exact) mass is 901 g/mol. The summed E-state index contributed by atoms with van der Waals surface area (Å²) in [5, 5.41) is 22.2. The van der Waals surface area contributed by atoms with E-state index in [1.54, 1.807) is 49.4 Å². The van der Waals surface area contributed by atoms with Crippen molar-refractivity contribution in [3.05, 3.63) is 86.7 Å². The molecule has 2 N–H and O–H groups in total. The number of hydrogen-bond acceptors (Lipinski definition) is 12. The summed E-state index contributed by atoms with van der Waals surface area (Å²) in [6, 6.07) is 13.2. The minimum absolute atomic E-state index is 0.0366. The van der Waals surface area contributed by atoms with E-state index in [1.807, 2.05) is 6.07 Å². The van der Waals surface area contributed by atoms with Gasteiger partial charge in [0.25, 0.3) is 5.56 Å². The third kappa shape index (κ3) is 7.63. The van der Waals surface area contributed by atoms with Gasteiger partial charge >= 0.3 is 11.9 Å². The molecule has 13 heteroatoms. The minimum Gasteiger partial charge on any atom is -0.508 e. The Morgan fingerprint density at radius 1 is 0.955 bits per heavy atom. The highest BCUT2D eigenvalue weighted by molar-refractivity contribution is 5.90. The molecule has 0 spiro atoms. The summed E-state index contributed by atoms with van der Waals surface area (Å²) in [7, 11) is 0. The Bertz CT molecular complexity index is 2640. The molecule has 66 heavy (non-hydrogen) atoms. The SMILES string of the molecule is CCN(CC)Cc1c(O)ccc2nc3c(cc12)Cn1c-3cc([C@](C=O)(CC)OC(=O)COc2ccc(C(=O)O[C@H]3CC[C@@]4(C)C(CCC5C4CC[C@]4(C)C(=O)CCC54)C3)cc2)c(CO)c1=O. The van der Waals surface area contributed by atoms with Crippen molar-refractivity contribution in [2.24, 2.45) is 34.5 Å². The Kier molecular flexibility index (Phi) is 12.3. The third-order valence-electron chi connectivity index (χ3n) is 17.1. The van der Waals surface area contributed by atoms with Gasteiger partial charge in [-0.2, -0.15) is 0 Å². The fourth-order valence-corrected chi connectivity index (χ4v) is 13.1. The Labute approximate surface area is 385 Å². The van der Waals surface area contributed by atoms with Gasteiger partial charge in [-0.25, -0.2) is 14.6 Å². The zero-order valence-electron chi connectivity index (χ0n) is 38.9. The van der Waals surface area contributed by atoms with Crippen LogP contribution in [0.25, 0.3) is 22.3 Å². The first-order valence-corrected chi connectivity index (χ1v) is 24.1. The summed E-state index contributed by atoms with van der Waals surface area (Å²) in [5.74, 6) is 1.86. The first-order valence-electron chi connectivity index (χ1n) is 24.1. The number of phenols is 1. The van der Waals surface area contributed by atoms with Gasteiger partial charge in [0.2, 0.25) is 0 Å². The van der Waals surface area contributed by atoms with E-state index in [9.17, 15) is 34.2 Å². The van der Waals surface area contributed by atoms with Crippen LogP contribution in [0.5, 0.6) is 11.5 Å². The summed E-state index contributed by atoms with van der Waals surface area (Å²) in [4.78, 5) is 73.9. The van der Waals surface area contributed by atoms with Gasteiger partial charge in [0, 0.05) is 40.5 Å². The number of fused-ring (bicyclic) bond motifs is 9. The van der Waals surface area contributed by atoms with Gasteiger partial charge in [-0.3, -0.25) is 19.3 Å². The summed E-state index contributed by atoms with van der Waals surface area (Å²) < 4.78 is 19.2. The lowest BCUT2D eigenvalue weighted by molar-refractivity contribution is -0.166. The molecule has 0 saturated heterocycles. The second-order valence-corrected chi connectivity index (χ2v) is 20.1. The molecule has 4 aliphatic carbocycles. The molecule has 0 amide bonds. The number of esters is 2. The van der Waals surface area contributed by atoms with Crippen molar-refractivity contribution >= 4 is 34.9 Å². The number of pyridine rings is 2. The maximum absolute atomic E-state index is 14.0. The number of Topliss-reactive ketones (excluding diaryl/α,β-unsaturated/α-hetero) is 1. The maximum atomic E-state index is 14.0. The number of benzene rings is 2. The first kappa shape index (κ1) is 45.7. The highest BCUT2D eigenvalue weighted by Crippen LogP contribution is 2.65. The average molecular weight is 902 g/mol. The van der Waals surface area contributed by atoms with Gasteiger partial charge in [-0.05, 0) is 148 Å². The minimum atomic E-state index is -1.92. The topological polar surface area (TPSA) is 175 Å². The van der Waals surface area contributed by atoms with Crippen LogP contribution in [0, 0.1) is 34.5 Å². The molecule has 0 bridgehead atoms. The summed E-state index contributed by atoms with van der Waals surface area (Å²) in [6.07, 6.45) is 9.10. The molecule has 8 atom stereocenters. The number of aliphatic hydroxyl groups excluding tert-OH is 1. The number of aromatic nitrogens is 2. The number of aromatic hydroxyl groups is 1. The standard InChI is InChI=1S/C53H63N3O10/c1-6-53(30-58,42-25-44-48-32(26-56(44)49(62)39(42)28-57)23-37-38(27-55(7-2)8-3)45(59)17-16-43(37)54-48)66-47(61)29-64-34-12-9-31(10-13-34)50(63)65-35-19-21-51(4)33(24-35)11-14-36-40-15-18-46(60)52(40,5)22-20-41(36)51/h9-10,12-13,16-17,23,25,30,33,35-36,40-41,57,59H,6-8,11,14-15,18-22,24,26-29H2,1-5H3/t33?,35-,36?,40?,41?,51-,52-,53+/m0/s1. The number of aldehydes is 1. The van der Waals surface area contributed by atoms with Gasteiger partial charge in [-0.15, -0.1) is 0 Å². The number of carbonyl (C=O) groups excluding carboxylic acids is 4. The van der Waals surface area contributed by atoms with Gasteiger partial charge in [-0.1, -0.05) is 34.6 Å². The van der Waals surface area contributed by atoms with Gasteiger partial charge in [0.15, 0.2) is 18.5 Å². The summed E-state index contributed by atoms with van der Waals surface area (Å²) in [5.41, 5.74) is 0.996. The molecule has 3 heterocycles. The van der Waals surface area contributed by atoms with E-state index in [2.05, 4.69) is 32.6 Å². The highest BCUT2D eigenvalue weighted by atomic mass is 16.6. The van der Waals surface area contributed by atoms with Gasteiger partial charge in [0.05, 0.1) is 41.2 Å². The van der Waals surface area contributed by atoms with Crippen LogP contribution in [0.3, 0.4) is 0 Å². The van der Waals surface area contributed by atoms with E-state index < -0.39 is 36.3 Å². The second-order valence-electron chi connectivity index (χ2n) is 20.1. The first-order chi connectivity index (χ1) is 31.7. The molecule has 13 nitrogen and oxygen atoms in total. The van der Waals surface area contributed by atoms with Crippen LogP contribution in [0.2, 0.25) is 0 Å². The number of nitrogens with zero attached hydrogens (tertiary/aromatic N) is 3. The van der Waals surface area contributed by atoms with Crippen LogP contribution in [0.15, 0.2) is 53.3 Å². The van der Waals surface area contributed by atoms with Crippen LogP contribution in [-0.4, -0.2) is 74.5 Å². The quantitative estimate of drug-likeness (QED) is 0.0813. The molecule has 2 aromatic heterocycles. The smallest absolute Gasteiger partial charge is 0.345 e. The fourth-order valence-electron chi connectivity index (χ4n) is 13.1. The van der Waals surface area contributed by atoms with Gasteiger partial charge in [0.1, 0.15) is 23.4 Å². The number of carbonyl (C=O) groups is 4. The van der Waals surface area contributed by atoms with E-state index in [1.165, 1.54) is 4.57 Å². The molecule has 2 aromatic carbocycles. The fraction of sp³-hybridized carbons (Fsp3) is 0.547. The zero-order chi connectivity index (χ0) is 46.7. The van der Waals surface area contributed by atoms with Crippen molar-refractivity contribution < 1.29 is 43.6 Å². The molecule has 5 aliphatic rings. The number of hydrogen-bond donors (Lipinski definition) is 2. The molecule has 4 aromatic rings. The van der Waals surface area contributed by atoms with Crippen molar-refractivity contribution in [3.8, 4) is 22.9 Å². The van der Waals surface area contributed by atoms with Crippen molar-refractivity contribution in [1.82, 2.24) is 14.5 Å². The van der Waals surface area contributed by atoms with E-state index in [-0.39, 0.29) is 46.8 Å². The third-order valence-corrected chi connectivity index (χ3v) is 17.1. The van der Waals surface area contributed by atoms with Crippen molar-refractivity contribution in [2.45, 2.75) is 130 Å². The molecular weight excluding hydrogens is 839 g/mol. The molecule has 1 aliphatic heterocycles. The van der Waals surface area contributed by atoms with E-state index in [0.717, 1.165) is 87.4 Å². The number of ketones is 1. The number of phenolic OH excluding ortho intramolecular Hbond substituents is 1. The highest BCUT2D eigenvalue weighted by Gasteiger charge is 2.60. The summed E-state index contributed by atoms with van der Waals surface area (Å²) >= 11 is 0. The maximum Gasteiger partial charge on any atom is 0.345 e. The van der Waals surface area contributed by atoms with Gasteiger partial charge < -0.3 is 29.0 Å². The van der Waals surface area contributed by atoms with Crippen LogP contribution in [0.1, 0.15) is 131 Å². The normalized spacial score (nSPS) is 27.3. The molecule has 4 saturated carbocycles. The Morgan fingerprint density at radius 2 is 1.73 bits per heavy atom. The Balaban J connectivity index is 0.848. The number of aliphatic hydroxyl groups is 1. The largest absolute Gasteiger partial charge is 0.508 e. The van der Waals surface area contributed by atoms with Crippen LogP contribution in [0.4, 0.5) is 0 Å². The van der Waals surface area contributed by atoms with E-state index >= 15 is 0 Å². The number of rotatable bonds is 14. The van der Waals surface area contributed by atoms with E-state index in [4.69, 9.17) is 19.2 Å². The predicted molar refractivity (Wildman–Crippen MR) is 247 cm³/mol. The lowest BCUT2D eigenvalue weighted by Gasteiger charge is -2.60. The molecule has 4 fully saturated rings. The molecule has 350 valence electrons. The van der Waals surface area contributed by atoms with Crippen LogP contribution >= 0.6 is 0 Å². The van der Waals surface area contributed by atoms with E-state index in [0.29, 0.717) is 70.5 Å². The molecule has 4 unspecified atom stereocenters. The molecule has 9 rings (SSSR count). The Hall–Kier alpha value is -5.40. The lowest BCUT2D eigenvalue weighted by Crippen LogP contribution is -2.54. The molecular formula is C53H63N3O10. The van der Waals surface area contributed by atoms with Crippen molar-refractivity contribution in [1.29, 1.82) is 0 Å². The average Bonchev–Trinajstić information content (AvgIpc) is 3.84. The Morgan fingerprint density at radius 3 is 2.44 bits per heavy atom. The van der Waals surface area contributed by atoms with Crippen LogP contribution in [-0.2, 0) is 49.2 Å². The number of ether oxygens (including phenoxy) is 3. The molecule has 0 radical (unpaired) electrons. The van der Waals surface area contributed by atoms with Crippen LogP contribution < -0.4 is 10.3 Å². The van der Waals surface area contributed by atoms with Crippen molar-refractivity contribution in [2.75, 3.05) is 19.7 Å².